The molecule has 4 rings (SSSR count). The number of hydrazone groups is 1. The second-order valence-electron chi connectivity index (χ2n) is 9.77. The van der Waals surface area contributed by atoms with Crippen molar-refractivity contribution < 1.29 is 4.79 Å². The summed E-state index contributed by atoms with van der Waals surface area (Å²) in [5.41, 5.74) is 5.75. The van der Waals surface area contributed by atoms with Gasteiger partial charge >= 0.3 is 0 Å². The third-order valence-electron chi connectivity index (χ3n) is 6.20. The molecule has 1 aromatic carbocycles. The molecule has 2 atom stereocenters. The predicted molar refractivity (Wildman–Crippen MR) is 131 cm³/mol. The van der Waals surface area contributed by atoms with Gasteiger partial charge < -0.3 is 0 Å². The Morgan fingerprint density at radius 1 is 1.31 bits per heavy atom. The van der Waals surface area contributed by atoms with Crippen LogP contribution >= 0.6 is 11.3 Å². The summed E-state index contributed by atoms with van der Waals surface area (Å²) in [5, 5.41) is 4.76. The van der Waals surface area contributed by atoms with Crippen LogP contribution in [-0.4, -0.2) is 21.7 Å². The van der Waals surface area contributed by atoms with Crippen LogP contribution in [0.1, 0.15) is 68.6 Å². The van der Waals surface area contributed by atoms with Crippen molar-refractivity contribution in [3.05, 3.63) is 62.5 Å². The number of carbonyl (C=O) groups excluding carboxylic acids is 1. The Morgan fingerprint density at radius 2 is 2.03 bits per heavy atom. The Morgan fingerprint density at radius 3 is 2.72 bits per heavy atom. The Bertz CT molecular complexity index is 1230. The van der Waals surface area contributed by atoms with E-state index >= 15 is 0 Å². The predicted octanol–water partition coefficient (Wildman–Crippen LogP) is 4.59. The van der Waals surface area contributed by atoms with E-state index in [2.05, 4.69) is 55.3 Å². The average molecular weight is 451 g/mol. The van der Waals surface area contributed by atoms with Gasteiger partial charge in [-0.1, -0.05) is 52.0 Å². The van der Waals surface area contributed by atoms with E-state index in [9.17, 15) is 9.59 Å². The largest absolute Gasteiger partial charge is 0.286 e. The molecule has 6 nitrogen and oxygen atoms in total. The molecule has 7 heteroatoms. The quantitative estimate of drug-likeness (QED) is 0.466. The Balaban J connectivity index is 1.50. The van der Waals surface area contributed by atoms with E-state index < -0.39 is 6.04 Å². The highest BCUT2D eigenvalue weighted by Gasteiger charge is 2.25. The second-order valence-corrected chi connectivity index (χ2v) is 10.9. The van der Waals surface area contributed by atoms with Gasteiger partial charge in [0.2, 0.25) is 0 Å². The topological polar surface area (TPSA) is 76.3 Å². The monoisotopic (exact) mass is 450 g/mol. The van der Waals surface area contributed by atoms with E-state index in [4.69, 9.17) is 0 Å². The van der Waals surface area contributed by atoms with Gasteiger partial charge in [0.05, 0.1) is 17.9 Å². The smallest absolute Gasteiger partial charge is 0.263 e. The van der Waals surface area contributed by atoms with Crippen LogP contribution in [-0.2, 0) is 23.1 Å². The third kappa shape index (κ3) is 4.39. The van der Waals surface area contributed by atoms with E-state index in [0.717, 1.165) is 35.2 Å². The third-order valence-corrected chi connectivity index (χ3v) is 7.36. The van der Waals surface area contributed by atoms with Gasteiger partial charge in [-0.25, -0.2) is 10.4 Å². The first-order valence-electron chi connectivity index (χ1n) is 11.1. The molecule has 168 valence electrons. The maximum absolute atomic E-state index is 13.2. The van der Waals surface area contributed by atoms with Crippen LogP contribution in [0.3, 0.4) is 0 Å². The van der Waals surface area contributed by atoms with Crippen molar-refractivity contribution in [3.63, 3.8) is 0 Å². The molecule has 3 aromatic rings. The molecular formula is C25H30N4O2S. The summed E-state index contributed by atoms with van der Waals surface area (Å²) in [7, 11) is 0. The number of nitrogens with zero attached hydrogens (tertiary/aromatic N) is 3. The van der Waals surface area contributed by atoms with Gasteiger partial charge in [0.25, 0.3) is 11.5 Å². The van der Waals surface area contributed by atoms with Gasteiger partial charge in [0.15, 0.2) is 0 Å². The zero-order chi connectivity index (χ0) is 23.0. The summed E-state index contributed by atoms with van der Waals surface area (Å²) in [6, 6.07) is 7.37. The van der Waals surface area contributed by atoms with Crippen LogP contribution < -0.4 is 11.0 Å². The number of fused-ring (bicyclic) bond motifs is 3. The molecule has 0 aliphatic heterocycles. The molecule has 0 spiro atoms. The van der Waals surface area contributed by atoms with Crippen LogP contribution in [0, 0.1) is 5.92 Å². The highest BCUT2D eigenvalue weighted by molar-refractivity contribution is 7.18. The molecule has 0 saturated heterocycles. The number of rotatable bonds is 4. The first kappa shape index (κ1) is 22.4. The van der Waals surface area contributed by atoms with Crippen molar-refractivity contribution in [1.29, 1.82) is 0 Å². The van der Waals surface area contributed by atoms with Crippen molar-refractivity contribution in [1.82, 2.24) is 15.0 Å². The van der Waals surface area contributed by atoms with Crippen LogP contribution in [0.5, 0.6) is 0 Å². The number of aryl methyl sites for hydroxylation is 1. The van der Waals surface area contributed by atoms with Crippen molar-refractivity contribution in [2.24, 2.45) is 11.0 Å². The first-order chi connectivity index (χ1) is 15.1. The maximum Gasteiger partial charge on any atom is 0.263 e. The van der Waals surface area contributed by atoms with E-state index in [1.807, 2.05) is 12.1 Å². The SMILES string of the molecule is C[C@H]1CCc2c(sc3ncn([C@H](C)C(=O)NN=Cc4ccc(C(C)(C)C)cc4)c(=O)c23)C1. The van der Waals surface area contributed by atoms with Crippen molar-refractivity contribution in [3.8, 4) is 0 Å². The molecule has 2 heterocycles. The summed E-state index contributed by atoms with van der Waals surface area (Å²) in [4.78, 5) is 32.4. The fourth-order valence-electron chi connectivity index (χ4n) is 4.08. The highest BCUT2D eigenvalue weighted by Crippen LogP contribution is 2.35. The number of aromatic nitrogens is 2. The fourth-order valence-corrected chi connectivity index (χ4v) is 5.42. The van der Waals surface area contributed by atoms with E-state index in [0.29, 0.717) is 11.3 Å². The van der Waals surface area contributed by atoms with Crippen LogP contribution in [0.4, 0.5) is 0 Å². The molecular weight excluding hydrogens is 420 g/mol. The zero-order valence-corrected chi connectivity index (χ0v) is 20.1. The molecule has 1 aliphatic rings. The fraction of sp³-hybridized carbons (Fsp3) is 0.440. The molecule has 0 unspecified atom stereocenters. The number of benzene rings is 1. The maximum atomic E-state index is 13.2. The van der Waals surface area contributed by atoms with E-state index in [1.165, 1.54) is 21.3 Å². The zero-order valence-electron chi connectivity index (χ0n) is 19.3. The lowest BCUT2D eigenvalue weighted by Gasteiger charge is -2.18. The molecule has 0 bridgehead atoms. The van der Waals surface area contributed by atoms with E-state index in [-0.39, 0.29) is 16.9 Å². The lowest BCUT2D eigenvalue weighted by Crippen LogP contribution is -2.34. The van der Waals surface area contributed by atoms with Gasteiger partial charge in [-0.2, -0.15) is 5.10 Å². The molecule has 32 heavy (non-hydrogen) atoms. The molecule has 1 amide bonds. The van der Waals surface area contributed by atoms with Crippen LogP contribution in [0.15, 0.2) is 40.5 Å². The number of hydrogen-bond acceptors (Lipinski definition) is 5. The van der Waals surface area contributed by atoms with Crippen molar-refractivity contribution >= 4 is 33.7 Å². The molecule has 1 aliphatic carbocycles. The number of carbonyl (C=O) groups is 1. The Hall–Kier alpha value is -2.80. The minimum atomic E-state index is -0.710. The molecule has 1 N–H and O–H groups in total. The lowest BCUT2D eigenvalue weighted by atomic mass is 9.87. The number of hydrogen-bond donors (Lipinski definition) is 1. The standard InChI is InChI=1S/C25H30N4O2S/c1-15-6-11-19-20(12-15)32-23-21(19)24(31)29(14-26-23)16(2)22(30)28-27-13-17-7-9-18(10-8-17)25(3,4)5/h7-10,13-16H,6,11-12H2,1-5H3,(H,28,30)/t15-,16+/m0/s1. The van der Waals surface area contributed by atoms with Crippen molar-refractivity contribution in [2.75, 3.05) is 0 Å². The number of amides is 1. The van der Waals surface area contributed by atoms with Gasteiger partial charge in [-0.3, -0.25) is 14.2 Å². The van der Waals surface area contributed by atoms with Crippen molar-refractivity contribution in [2.45, 2.75) is 65.3 Å². The average Bonchev–Trinajstić information content (AvgIpc) is 3.11. The first-order valence-corrected chi connectivity index (χ1v) is 11.9. The van der Waals surface area contributed by atoms with Gasteiger partial charge in [-0.05, 0) is 54.2 Å². The normalized spacial score (nSPS) is 17.5. The summed E-state index contributed by atoms with van der Waals surface area (Å²) in [5.74, 6) is 0.276. The lowest BCUT2D eigenvalue weighted by molar-refractivity contribution is -0.123. The van der Waals surface area contributed by atoms with Crippen LogP contribution in [0.2, 0.25) is 0 Å². The molecule has 0 radical (unpaired) electrons. The molecule has 0 saturated carbocycles. The number of nitrogens with one attached hydrogen (secondary N) is 1. The number of thiophene rings is 1. The van der Waals surface area contributed by atoms with Gasteiger partial charge in [0, 0.05) is 4.88 Å². The summed E-state index contributed by atoms with van der Waals surface area (Å²) < 4.78 is 1.41. The summed E-state index contributed by atoms with van der Waals surface area (Å²) in [6.07, 6.45) is 6.06. The van der Waals surface area contributed by atoms with Crippen LogP contribution in [0.25, 0.3) is 10.2 Å². The summed E-state index contributed by atoms with van der Waals surface area (Å²) in [6.45, 7) is 10.4. The van der Waals surface area contributed by atoms with Gasteiger partial charge in [0.1, 0.15) is 10.9 Å². The highest BCUT2D eigenvalue weighted by atomic mass is 32.1. The molecule has 2 aromatic heterocycles. The minimum Gasteiger partial charge on any atom is -0.286 e. The van der Waals surface area contributed by atoms with Gasteiger partial charge in [-0.15, -0.1) is 11.3 Å². The minimum absolute atomic E-state index is 0.0850. The molecule has 0 fully saturated rings. The second kappa shape index (κ2) is 8.62. The Kier molecular flexibility index (Phi) is 6.03. The summed E-state index contributed by atoms with van der Waals surface area (Å²) >= 11 is 1.61. The Labute approximate surface area is 192 Å². The van der Waals surface area contributed by atoms with E-state index in [1.54, 1.807) is 24.5 Å².